The molecule has 1 N–H and O–H groups in total. The lowest BCUT2D eigenvalue weighted by atomic mass is 9.99. The van der Waals surface area contributed by atoms with Gasteiger partial charge in [0.15, 0.2) is 0 Å². The van der Waals surface area contributed by atoms with E-state index in [9.17, 15) is 9.00 Å². The number of rotatable bonds is 4. The van der Waals surface area contributed by atoms with Crippen molar-refractivity contribution in [2.24, 2.45) is 5.92 Å². The molecule has 0 saturated carbocycles. The van der Waals surface area contributed by atoms with Gasteiger partial charge in [0.05, 0.1) is 0 Å². The highest BCUT2D eigenvalue weighted by Crippen LogP contribution is 2.22. The molecule has 1 fully saturated rings. The lowest BCUT2D eigenvalue weighted by Crippen LogP contribution is -2.33. The number of hydrogen-bond acceptors (Lipinski definition) is 2. The SMILES string of the molecule is C[S@@](=O)c1cccc(NC(=O)N2CC[C@H](Cc3ccccc3)C2)c1. The van der Waals surface area contributed by atoms with Crippen molar-refractivity contribution >= 4 is 22.5 Å². The molecule has 1 heterocycles. The van der Waals surface area contributed by atoms with Crippen LogP contribution in [0.15, 0.2) is 59.5 Å². The van der Waals surface area contributed by atoms with Gasteiger partial charge in [0.2, 0.25) is 0 Å². The molecule has 3 rings (SSSR count). The highest BCUT2D eigenvalue weighted by atomic mass is 32.2. The molecule has 0 radical (unpaired) electrons. The fraction of sp³-hybridized carbons (Fsp3) is 0.316. The first kappa shape index (κ1) is 16.7. The minimum atomic E-state index is -1.05. The van der Waals surface area contributed by atoms with E-state index in [1.54, 1.807) is 18.4 Å². The Morgan fingerprint density at radius 1 is 1.21 bits per heavy atom. The summed E-state index contributed by atoms with van der Waals surface area (Å²) in [5.41, 5.74) is 2.02. The molecular weight excluding hydrogens is 320 g/mol. The molecule has 2 atom stereocenters. The molecule has 126 valence electrons. The first-order valence-corrected chi connectivity index (χ1v) is 9.71. The molecule has 1 aliphatic heterocycles. The fourth-order valence-corrected chi connectivity index (χ4v) is 3.65. The molecule has 1 saturated heterocycles. The standard InChI is InChI=1S/C19H22N2O2S/c1-24(23)18-9-5-8-17(13-18)20-19(22)21-11-10-16(14-21)12-15-6-3-2-4-7-15/h2-9,13,16H,10-12,14H2,1H3,(H,20,22)/t16-,24-/m1/s1. The van der Waals surface area contributed by atoms with Crippen LogP contribution in [0, 0.1) is 5.92 Å². The van der Waals surface area contributed by atoms with Gasteiger partial charge in [-0.1, -0.05) is 36.4 Å². The van der Waals surface area contributed by atoms with Gasteiger partial charge in [0.25, 0.3) is 0 Å². The number of benzene rings is 2. The average Bonchev–Trinajstić information content (AvgIpc) is 3.04. The molecule has 5 heteroatoms. The van der Waals surface area contributed by atoms with Crippen LogP contribution >= 0.6 is 0 Å². The summed E-state index contributed by atoms with van der Waals surface area (Å²) >= 11 is 0. The maximum absolute atomic E-state index is 12.4. The lowest BCUT2D eigenvalue weighted by molar-refractivity contribution is 0.221. The Morgan fingerprint density at radius 3 is 2.75 bits per heavy atom. The summed E-state index contributed by atoms with van der Waals surface area (Å²) in [6.07, 6.45) is 3.67. The number of likely N-dealkylation sites (tertiary alicyclic amines) is 1. The van der Waals surface area contributed by atoms with Crippen LogP contribution < -0.4 is 5.32 Å². The third-order valence-corrected chi connectivity index (χ3v) is 5.28. The van der Waals surface area contributed by atoms with Gasteiger partial charge < -0.3 is 10.2 Å². The molecule has 4 nitrogen and oxygen atoms in total. The first-order valence-electron chi connectivity index (χ1n) is 8.15. The van der Waals surface area contributed by atoms with Crippen LogP contribution in [-0.2, 0) is 17.2 Å². The predicted octanol–water partition coefficient (Wildman–Crippen LogP) is 3.52. The number of amides is 2. The number of nitrogens with one attached hydrogen (secondary N) is 1. The highest BCUT2D eigenvalue weighted by Gasteiger charge is 2.26. The monoisotopic (exact) mass is 342 g/mol. The van der Waals surface area contributed by atoms with Crippen molar-refractivity contribution in [3.8, 4) is 0 Å². The quantitative estimate of drug-likeness (QED) is 0.924. The van der Waals surface area contributed by atoms with Crippen molar-refractivity contribution in [3.63, 3.8) is 0 Å². The Bertz CT molecular complexity index is 733. The Labute approximate surface area is 145 Å². The topological polar surface area (TPSA) is 49.4 Å². The molecule has 2 aromatic rings. The van der Waals surface area contributed by atoms with E-state index in [4.69, 9.17) is 0 Å². The molecule has 2 amide bonds. The Kier molecular flexibility index (Phi) is 5.30. The zero-order valence-electron chi connectivity index (χ0n) is 13.8. The normalized spacial score (nSPS) is 18.4. The van der Waals surface area contributed by atoms with Gasteiger partial charge in [0, 0.05) is 40.7 Å². The molecule has 2 aromatic carbocycles. The van der Waals surface area contributed by atoms with E-state index in [2.05, 4.69) is 29.6 Å². The van der Waals surface area contributed by atoms with E-state index < -0.39 is 10.8 Å². The number of hydrogen-bond donors (Lipinski definition) is 1. The highest BCUT2D eigenvalue weighted by molar-refractivity contribution is 7.84. The summed E-state index contributed by atoms with van der Waals surface area (Å²) in [7, 11) is -1.05. The van der Waals surface area contributed by atoms with E-state index >= 15 is 0 Å². The van der Waals surface area contributed by atoms with Crippen LogP contribution in [-0.4, -0.2) is 34.5 Å². The van der Waals surface area contributed by atoms with Gasteiger partial charge in [-0.15, -0.1) is 0 Å². The zero-order valence-corrected chi connectivity index (χ0v) is 14.6. The summed E-state index contributed by atoms with van der Waals surface area (Å²) in [5.74, 6) is 0.507. The van der Waals surface area contributed by atoms with Crippen LogP contribution in [0.25, 0.3) is 0 Å². The largest absolute Gasteiger partial charge is 0.324 e. The third-order valence-electron chi connectivity index (χ3n) is 4.36. The minimum absolute atomic E-state index is 0.0791. The van der Waals surface area contributed by atoms with Gasteiger partial charge in [-0.2, -0.15) is 0 Å². The number of anilines is 1. The van der Waals surface area contributed by atoms with Crippen LogP contribution in [0.2, 0.25) is 0 Å². The van der Waals surface area contributed by atoms with Crippen LogP contribution in [0.4, 0.5) is 10.5 Å². The van der Waals surface area contributed by atoms with Crippen molar-refractivity contribution < 1.29 is 9.00 Å². The van der Waals surface area contributed by atoms with Crippen molar-refractivity contribution in [1.29, 1.82) is 0 Å². The summed E-state index contributed by atoms with van der Waals surface area (Å²) in [6, 6.07) is 17.5. The number of carbonyl (C=O) groups excluding carboxylic acids is 1. The van der Waals surface area contributed by atoms with E-state index in [1.807, 2.05) is 23.1 Å². The van der Waals surface area contributed by atoms with Crippen molar-refractivity contribution in [1.82, 2.24) is 4.90 Å². The zero-order chi connectivity index (χ0) is 16.9. The molecule has 24 heavy (non-hydrogen) atoms. The Balaban J connectivity index is 1.56. The molecule has 0 spiro atoms. The Morgan fingerprint density at radius 2 is 2.00 bits per heavy atom. The van der Waals surface area contributed by atoms with Crippen LogP contribution in [0.3, 0.4) is 0 Å². The Hall–Kier alpha value is -2.14. The second-order valence-electron chi connectivity index (χ2n) is 6.20. The van der Waals surface area contributed by atoms with E-state index in [0.29, 0.717) is 11.6 Å². The van der Waals surface area contributed by atoms with Gasteiger partial charge >= 0.3 is 6.03 Å². The molecule has 0 aromatic heterocycles. The van der Waals surface area contributed by atoms with Gasteiger partial charge in [-0.25, -0.2) is 4.79 Å². The van der Waals surface area contributed by atoms with Gasteiger partial charge in [-0.3, -0.25) is 4.21 Å². The van der Waals surface area contributed by atoms with Crippen molar-refractivity contribution in [2.75, 3.05) is 24.7 Å². The number of nitrogens with zero attached hydrogens (tertiary/aromatic N) is 1. The van der Waals surface area contributed by atoms with Gasteiger partial charge in [-0.05, 0) is 42.5 Å². The summed E-state index contributed by atoms with van der Waals surface area (Å²) in [4.78, 5) is 15.0. The van der Waals surface area contributed by atoms with Crippen molar-refractivity contribution in [3.05, 3.63) is 60.2 Å². The fourth-order valence-electron chi connectivity index (χ4n) is 3.09. The minimum Gasteiger partial charge on any atom is -0.324 e. The second kappa shape index (κ2) is 7.62. The summed E-state index contributed by atoms with van der Waals surface area (Å²) < 4.78 is 11.5. The predicted molar refractivity (Wildman–Crippen MR) is 97.6 cm³/mol. The number of urea groups is 1. The van der Waals surface area contributed by atoms with E-state index in [0.717, 1.165) is 30.8 Å². The maximum atomic E-state index is 12.4. The van der Waals surface area contributed by atoms with Crippen LogP contribution in [0.5, 0.6) is 0 Å². The van der Waals surface area contributed by atoms with Gasteiger partial charge in [0.1, 0.15) is 0 Å². The maximum Gasteiger partial charge on any atom is 0.321 e. The average molecular weight is 342 g/mol. The van der Waals surface area contributed by atoms with E-state index in [1.165, 1.54) is 5.56 Å². The summed E-state index contributed by atoms with van der Waals surface area (Å²) in [5, 5.41) is 2.92. The molecule has 0 unspecified atom stereocenters. The number of carbonyl (C=O) groups is 1. The van der Waals surface area contributed by atoms with Crippen LogP contribution in [0.1, 0.15) is 12.0 Å². The summed E-state index contributed by atoms with van der Waals surface area (Å²) in [6.45, 7) is 1.56. The molecule has 1 aliphatic rings. The molecular formula is C19H22N2O2S. The smallest absolute Gasteiger partial charge is 0.321 e. The third kappa shape index (κ3) is 4.23. The molecule has 0 aliphatic carbocycles. The molecule has 0 bridgehead atoms. The van der Waals surface area contributed by atoms with Crippen molar-refractivity contribution in [2.45, 2.75) is 17.7 Å². The second-order valence-corrected chi connectivity index (χ2v) is 7.58. The van der Waals surface area contributed by atoms with E-state index in [-0.39, 0.29) is 6.03 Å². The lowest BCUT2D eigenvalue weighted by Gasteiger charge is -2.18. The first-order chi connectivity index (χ1) is 11.6.